The Morgan fingerprint density at radius 3 is 2.41 bits per heavy atom. The number of nitriles is 1. The number of nitrogens with one attached hydrogen (secondary N) is 3. The zero-order chi connectivity index (χ0) is 21.0. The van der Waals surface area contributed by atoms with E-state index in [0.29, 0.717) is 29.3 Å². The maximum Gasteiger partial charge on any atom is 0.208 e. The monoisotopic (exact) mass is 393 g/mol. The van der Waals surface area contributed by atoms with Gasteiger partial charge in [-0.25, -0.2) is 0 Å². The minimum atomic E-state index is -1.12. The molecule has 1 atom stereocenters. The molecule has 2 aromatic heterocycles. The number of hydrogen-bond donors (Lipinski definition) is 3. The first-order chi connectivity index (χ1) is 14.1. The van der Waals surface area contributed by atoms with Crippen LogP contribution in [0.4, 0.5) is 11.5 Å². The van der Waals surface area contributed by atoms with Gasteiger partial charge in [0.15, 0.2) is 17.4 Å². The van der Waals surface area contributed by atoms with Gasteiger partial charge in [-0.05, 0) is 18.6 Å². The van der Waals surface area contributed by atoms with E-state index in [1.807, 2.05) is 37.3 Å². The number of carbonyl (C=O) groups excluding carboxylic acids is 1. The third-order valence-corrected chi connectivity index (χ3v) is 4.52. The van der Waals surface area contributed by atoms with Crippen molar-refractivity contribution in [3.63, 3.8) is 0 Å². The van der Waals surface area contributed by atoms with Gasteiger partial charge in [0.1, 0.15) is 11.4 Å². The average Bonchev–Trinajstić information content (AvgIpc) is 3.35. The first-order valence-corrected chi connectivity index (χ1v) is 9.21. The quantitative estimate of drug-likeness (QED) is 0.495. The summed E-state index contributed by atoms with van der Waals surface area (Å²) in [6.07, 6.45) is 0.541. The van der Waals surface area contributed by atoms with Crippen molar-refractivity contribution >= 4 is 17.3 Å². The predicted octanol–water partition coefficient (Wildman–Crippen LogP) is 1.77. The van der Waals surface area contributed by atoms with Gasteiger partial charge in [-0.1, -0.05) is 25.1 Å². The van der Waals surface area contributed by atoms with Gasteiger partial charge < -0.3 is 16.1 Å². The molecule has 0 saturated heterocycles. The molecule has 3 N–H and O–H groups in total. The molecule has 0 aliphatic carbocycles. The summed E-state index contributed by atoms with van der Waals surface area (Å²) in [6, 6.07) is 11.5. The zero-order valence-corrected chi connectivity index (χ0v) is 16.8. The lowest BCUT2D eigenvalue weighted by atomic mass is 9.96. The smallest absolute Gasteiger partial charge is 0.208 e. The molecule has 0 aliphatic rings. The fraction of sp³-hybridized carbons (Fsp3) is 0.316. The molecule has 0 amide bonds. The Morgan fingerprint density at radius 2 is 1.86 bits per heavy atom. The maximum atomic E-state index is 13.4. The number of benzene rings is 1. The molecule has 29 heavy (non-hydrogen) atoms. The summed E-state index contributed by atoms with van der Waals surface area (Å²) in [7, 11) is 5.05. The number of rotatable bonds is 8. The predicted molar refractivity (Wildman–Crippen MR) is 110 cm³/mol. The van der Waals surface area contributed by atoms with E-state index in [0.717, 1.165) is 5.69 Å². The van der Waals surface area contributed by atoms with Gasteiger partial charge in [-0.2, -0.15) is 25.0 Å². The number of nitrogens with zero attached hydrogens (tertiary/aromatic N) is 6. The number of ketones is 1. The van der Waals surface area contributed by atoms with Crippen molar-refractivity contribution in [1.82, 2.24) is 24.9 Å². The highest BCUT2D eigenvalue weighted by atomic mass is 16.1. The summed E-state index contributed by atoms with van der Waals surface area (Å²) in [5.74, 6) is -1.05. The van der Waals surface area contributed by atoms with E-state index in [2.05, 4.69) is 37.4 Å². The van der Waals surface area contributed by atoms with Crippen LogP contribution in [0.2, 0.25) is 0 Å². The Hall–Kier alpha value is -3.87. The number of aromatic nitrogens is 5. The molecule has 150 valence electrons. The number of anilines is 2. The van der Waals surface area contributed by atoms with Gasteiger partial charge in [0.2, 0.25) is 5.78 Å². The van der Waals surface area contributed by atoms with Crippen LogP contribution in [0.25, 0.3) is 5.69 Å². The molecule has 3 rings (SSSR count). The van der Waals surface area contributed by atoms with Crippen molar-refractivity contribution in [2.45, 2.75) is 19.3 Å². The molecule has 0 bridgehead atoms. The first kappa shape index (κ1) is 19.9. The van der Waals surface area contributed by atoms with Crippen LogP contribution in [0, 0.1) is 11.3 Å². The summed E-state index contributed by atoms with van der Waals surface area (Å²) >= 11 is 0. The Labute approximate surface area is 168 Å². The Balaban J connectivity index is 2.10. The van der Waals surface area contributed by atoms with Crippen LogP contribution in [0.15, 0.2) is 30.3 Å². The van der Waals surface area contributed by atoms with Gasteiger partial charge >= 0.3 is 0 Å². The van der Waals surface area contributed by atoms with Crippen LogP contribution in [0.3, 0.4) is 0 Å². The van der Waals surface area contributed by atoms with E-state index in [1.54, 1.807) is 21.1 Å². The molecule has 0 fully saturated rings. The van der Waals surface area contributed by atoms with Crippen LogP contribution in [-0.2, 0) is 6.42 Å². The second-order valence-electron chi connectivity index (χ2n) is 6.14. The molecular formula is C19H23N9O. The van der Waals surface area contributed by atoms with Crippen LogP contribution in [0.5, 0.6) is 0 Å². The van der Waals surface area contributed by atoms with E-state index in [1.165, 1.54) is 9.59 Å². The van der Waals surface area contributed by atoms with Crippen LogP contribution in [-0.4, -0.2) is 51.8 Å². The van der Waals surface area contributed by atoms with Gasteiger partial charge in [0, 0.05) is 21.1 Å². The van der Waals surface area contributed by atoms with Gasteiger partial charge in [-0.15, -0.1) is 5.10 Å². The zero-order valence-electron chi connectivity index (χ0n) is 16.8. The number of para-hydroxylation sites is 1. The highest BCUT2D eigenvalue weighted by molar-refractivity contribution is 6.07. The summed E-state index contributed by atoms with van der Waals surface area (Å²) in [6.45, 7) is 1.91. The third-order valence-electron chi connectivity index (χ3n) is 4.52. The largest absolute Gasteiger partial charge is 0.383 e. The SMILES string of the molecule is CCc1nn(-c2ccccc2)nc1C(C#N)C(=O)c1c(NC)c(NC)nn1NC. The van der Waals surface area contributed by atoms with Gasteiger partial charge in [-0.3, -0.25) is 4.79 Å². The van der Waals surface area contributed by atoms with Crippen LogP contribution < -0.4 is 16.1 Å². The van der Waals surface area contributed by atoms with Gasteiger partial charge in [0.25, 0.3) is 0 Å². The molecule has 10 nitrogen and oxygen atoms in total. The minimum Gasteiger partial charge on any atom is -0.383 e. The molecular weight excluding hydrogens is 370 g/mol. The number of carbonyl (C=O) groups is 1. The fourth-order valence-corrected chi connectivity index (χ4v) is 3.10. The Kier molecular flexibility index (Phi) is 5.78. The molecule has 0 saturated carbocycles. The first-order valence-electron chi connectivity index (χ1n) is 9.21. The second-order valence-corrected chi connectivity index (χ2v) is 6.14. The summed E-state index contributed by atoms with van der Waals surface area (Å²) in [5, 5.41) is 29.1. The summed E-state index contributed by atoms with van der Waals surface area (Å²) in [5.41, 5.74) is 5.29. The van der Waals surface area contributed by atoms with Crippen molar-refractivity contribution < 1.29 is 4.79 Å². The van der Waals surface area contributed by atoms with E-state index >= 15 is 0 Å². The standard InChI is InChI=1S/C19H23N9O/c1-5-14-15(25-27(24-14)12-9-7-6-8-10-12)13(11-20)18(29)17-16(21-2)19(22-3)26-28(17)23-4/h6-10,13,21,23H,5H2,1-4H3,(H,22,26). The fourth-order valence-electron chi connectivity index (χ4n) is 3.10. The molecule has 10 heteroatoms. The summed E-state index contributed by atoms with van der Waals surface area (Å²) in [4.78, 5) is 16.2. The van der Waals surface area contributed by atoms with Crippen molar-refractivity contribution in [2.24, 2.45) is 0 Å². The lowest BCUT2D eigenvalue weighted by Crippen LogP contribution is -2.23. The topological polar surface area (TPSA) is 125 Å². The number of Topliss-reactive ketones (excluding diaryl/α,β-unsaturated/α-hetero) is 1. The molecule has 2 heterocycles. The lowest BCUT2D eigenvalue weighted by molar-refractivity contribution is 0.0969. The number of hydrogen-bond acceptors (Lipinski definition) is 8. The molecule has 1 unspecified atom stereocenters. The van der Waals surface area contributed by atoms with Crippen LogP contribution >= 0.6 is 0 Å². The summed E-state index contributed by atoms with van der Waals surface area (Å²) < 4.78 is 0. The van der Waals surface area contributed by atoms with Crippen molar-refractivity contribution in [3.05, 3.63) is 47.4 Å². The van der Waals surface area contributed by atoms with Crippen molar-refractivity contribution in [2.75, 3.05) is 37.2 Å². The van der Waals surface area contributed by atoms with E-state index in [4.69, 9.17) is 0 Å². The van der Waals surface area contributed by atoms with E-state index in [-0.39, 0.29) is 5.69 Å². The maximum absolute atomic E-state index is 13.4. The highest BCUT2D eigenvalue weighted by Crippen LogP contribution is 2.30. The number of aryl methyl sites for hydroxylation is 1. The average molecular weight is 393 g/mol. The van der Waals surface area contributed by atoms with Crippen molar-refractivity contribution in [1.29, 1.82) is 5.26 Å². The molecule has 1 aromatic carbocycles. The van der Waals surface area contributed by atoms with E-state index < -0.39 is 11.7 Å². The minimum absolute atomic E-state index is 0.238. The van der Waals surface area contributed by atoms with Crippen LogP contribution in [0.1, 0.15) is 34.7 Å². The molecule has 3 aromatic rings. The Morgan fingerprint density at radius 1 is 1.14 bits per heavy atom. The molecule has 0 aliphatic heterocycles. The lowest BCUT2D eigenvalue weighted by Gasteiger charge is -2.11. The third kappa shape index (κ3) is 3.50. The Bertz CT molecular complexity index is 1050. The normalized spacial score (nSPS) is 11.6. The van der Waals surface area contributed by atoms with Crippen molar-refractivity contribution in [3.8, 4) is 11.8 Å². The van der Waals surface area contributed by atoms with E-state index in [9.17, 15) is 10.1 Å². The van der Waals surface area contributed by atoms with Gasteiger partial charge in [0.05, 0.1) is 17.5 Å². The highest BCUT2D eigenvalue weighted by Gasteiger charge is 2.33. The molecule has 0 spiro atoms. The second kappa shape index (κ2) is 8.43. The molecule has 0 radical (unpaired) electrons.